The van der Waals surface area contributed by atoms with E-state index in [1.165, 1.54) is 0 Å². The predicted molar refractivity (Wildman–Crippen MR) is 80.3 cm³/mol. The van der Waals surface area contributed by atoms with Crippen molar-refractivity contribution in [1.82, 2.24) is 0 Å². The molecule has 0 saturated carbocycles. The molecule has 1 N–H and O–H groups in total. The number of hydrogen-bond acceptors (Lipinski definition) is 3. The predicted octanol–water partition coefficient (Wildman–Crippen LogP) is 4.03. The summed E-state index contributed by atoms with van der Waals surface area (Å²) in [5.41, 5.74) is 1.84. The number of para-hydroxylation sites is 1. The second-order valence-electron chi connectivity index (χ2n) is 4.42. The van der Waals surface area contributed by atoms with Gasteiger partial charge in [0, 0.05) is 12.1 Å². The zero-order chi connectivity index (χ0) is 14.1. The van der Waals surface area contributed by atoms with Crippen molar-refractivity contribution in [3.05, 3.63) is 57.6 Å². The first-order valence-corrected chi connectivity index (χ1v) is 6.92. The van der Waals surface area contributed by atoms with Gasteiger partial charge in [-0.1, -0.05) is 29.3 Å². The van der Waals surface area contributed by atoms with Crippen LogP contribution in [-0.2, 0) is 0 Å². The maximum atomic E-state index is 12.6. The number of halogens is 2. The molecular weight excluding hydrogens is 297 g/mol. The molecule has 0 bridgehead atoms. The van der Waals surface area contributed by atoms with Crippen LogP contribution < -0.4 is 10.1 Å². The van der Waals surface area contributed by atoms with Gasteiger partial charge in [-0.2, -0.15) is 0 Å². The minimum Gasteiger partial charge on any atom is -0.489 e. The molecule has 3 nitrogen and oxygen atoms in total. The highest BCUT2D eigenvalue weighted by atomic mass is 35.5. The molecule has 0 aliphatic carbocycles. The van der Waals surface area contributed by atoms with Crippen LogP contribution in [0.2, 0.25) is 10.0 Å². The van der Waals surface area contributed by atoms with E-state index in [1.807, 2.05) is 12.1 Å². The van der Waals surface area contributed by atoms with E-state index < -0.39 is 0 Å². The van der Waals surface area contributed by atoms with Crippen molar-refractivity contribution < 1.29 is 9.53 Å². The zero-order valence-corrected chi connectivity index (χ0v) is 12.0. The number of ketones is 1. The minimum absolute atomic E-state index is 0.135. The van der Waals surface area contributed by atoms with Crippen LogP contribution in [0.3, 0.4) is 0 Å². The van der Waals surface area contributed by atoms with Gasteiger partial charge >= 0.3 is 0 Å². The molecule has 2 aromatic rings. The van der Waals surface area contributed by atoms with Gasteiger partial charge in [-0.25, -0.2) is 0 Å². The fourth-order valence-electron chi connectivity index (χ4n) is 2.14. The van der Waals surface area contributed by atoms with Crippen molar-refractivity contribution in [2.45, 2.75) is 0 Å². The van der Waals surface area contributed by atoms with Gasteiger partial charge < -0.3 is 10.1 Å². The lowest BCUT2D eigenvalue weighted by Crippen LogP contribution is -2.20. The van der Waals surface area contributed by atoms with Crippen molar-refractivity contribution in [3.8, 4) is 5.75 Å². The number of ether oxygens (including phenoxy) is 1. The van der Waals surface area contributed by atoms with Crippen LogP contribution in [0, 0.1) is 0 Å². The highest BCUT2D eigenvalue weighted by Crippen LogP contribution is 2.33. The topological polar surface area (TPSA) is 38.3 Å². The number of carbonyl (C=O) groups excluding carboxylic acids is 1. The monoisotopic (exact) mass is 307 g/mol. The van der Waals surface area contributed by atoms with Crippen molar-refractivity contribution >= 4 is 34.7 Å². The first-order valence-electron chi connectivity index (χ1n) is 6.16. The van der Waals surface area contributed by atoms with E-state index in [-0.39, 0.29) is 5.78 Å². The van der Waals surface area contributed by atoms with Crippen LogP contribution in [0.4, 0.5) is 5.69 Å². The van der Waals surface area contributed by atoms with E-state index in [0.29, 0.717) is 33.5 Å². The highest BCUT2D eigenvalue weighted by molar-refractivity contribution is 6.42. The van der Waals surface area contributed by atoms with E-state index in [2.05, 4.69) is 5.32 Å². The Hall–Kier alpha value is -1.71. The molecule has 0 saturated heterocycles. The standard InChI is InChI=1S/C15H11Cl2NO2/c16-11-5-4-9(8-12(11)17)14(19)10-2-1-3-13-15(10)20-7-6-18-13/h1-5,8,18H,6-7H2. The Labute approximate surface area is 126 Å². The van der Waals surface area contributed by atoms with Gasteiger partial charge in [-0.05, 0) is 30.3 Å². The number of rotatable bonds is 2. The molecular formula is C15H11Cl2NO2. The Morgan fingerprint density at radius 2 is 2.00 bits per heavy atom. The van der Waals surface area contributed by atoms with Crippen molar-refractivity contribution in [1.29, 1.82) is 0 Å². The maximum absolute atomic E-state index is 12.6. The van der Waals surface area contributed by atoms with Gasteiger partial charge in [-0.15, -0.1) is 0 Å². The molecule has 0 fully saturated rings. The van der Waals surface area contributed by atoms with Crippen LogP contribution in [0.1, 0.15) is 15.9 Å². The lowest BCUT2D eigenvalue weighted by molar-refractivity contribution is 0.103. The second kappa shape index (κ2) is 5.35. The molecule has 102 valence electrons. The Kier molecular flexibility index (Phi) is 3.55. The molecule has 2 aromatic carbocycles. The molecule has 20 heavy (non-hydrogen) atoms. The van der Waals surface area contributed by atoms with Gasteiger partial charge in [-0.3, -0.25) is 4.79 Å². The summed E-state index contributed by atoms with van der Waals surface area (Å²) < 4.78 is 5.61. The number of fused-ring (bicyclic) bond motifs is 1. The molecule has 5 heteroatoms. The molecule has 1 aliphatic heterocycles. The summed E-state index contributed by atoms with van der Waals surface area (Å²) in [7, 11) is 0. The molecule has 0 radical (unpaired) electrons. The lowest BCUT2D eigenvalue weighted by atomic mass is 10.0. The fraction of sp³-hybridized carbons (Fsp3) is 0.133. The number of nitrogens with one attached hydrogen (secondary N) is 1. The van der Waals surface area contributed by atoms with Gasteiger partial charge in [0.15, 0.2) is 11.5 Å². The van der Waals surface area contributed by atoms with Crippen LogP contribution in [-0.4, -0.2) is 18.9 Å². The SMILES string of the molecule is O=C(c1ccc(Cl)c(Cl)c1)c1cccc2c1OCCN2. The molecule has 0 amide bonds. The third-order valence-corrected chi connectivity index (χ3v) is 3.84. The third kappa shape index (κ3) is 2.35. The quantitative estimate of drug-likeness (QED) is 0.851. The number of benzene rings is 2. The highest BCUT2D eigenvalue weighted by Gasteiger charge is 2.20. The normalized spacial score (nSPS) is 13.1. The largest absolute Gasteiger partial charge is 0.489 e. The summed E-state index contributed by atoms with van der Waals surface area (Å²) in [5, 5.41) is 3.99. The second-order valence-corrected chi connectivity index (χ2v) is 5.23. The van der Waals surface area contributed by atoms with Gasteiger partial charge in [0.05, 0.1) is 21.3 Å². The van der Waals surface area contributed by atoms with Gasteiger partial charge in [0.1, 0.15) is 6.61 Å². The summed E-state index contributed by atoms with van der Waals surface area (Å²) in [6.45, 7) is 1.27. The van der Waals surface area contributed by atoms with Gasteiger partial charge in [0.25, 0.3) is 0 Å². The molecule has 0 aromatic heterocycles. The van der Waals surface area contributed by atoms with Crippen LogP contribution in [0.15, 0.2) is 36.4 Å². The summed E-state index contributed by atoms with van der Waals surface area (Å²) in [5.74, 6) is 0.457. The Bertz CT molecular complexity index is 686. The smallest absolute Gasteiger partial charge is 0.196 e. The number of carbonyl (C=O) groups is 1. The average molecular weight is 308 g/mol. The van der Waals surface area contributed by atoms with Crippen molar-refractivity contribution in [2.24, 2.45) is 0 Å². The van der Waals surface area contributed by atoms with Crippen LogP contribution in [0.5, 0.6) is 5.75 Å². The summed E-state index contributed by atoms with van der Waals surface area (Å²) in [6, 6.07) is 10.3. The Balaban J connectivity index is 2.04. The fourth-order valence-corrected chi connectivity index (χ4v) is 2.44. The molecule has 1 heterocycles. The van der Waals surface area contributed by atoms with Crippen molar-refractivity contribution in [2.75, 3.05) is 18.5 Å². The zero-order valence-electron chi connectivity index (χ0n) is 10.5. The number of hydrogen-bond donors (Lipinski definition) is 1. The third-order valence-electron chi connectivity index (χ3n) is 3.11. The van der Waals surface area contributed by atoms with E-state index in [9.17, 15) is 4.79 Å². The first kappa shape index (κ1) is 13.3. The molecule has 0 spiro atoms. The minimum atomic E-state index is -0.135. The van der Waals surface area contributed by atoms with E-state index in [1.54, 1.807) is 24.3 Å². The van der Waals surface area contributed by atoms with Crippen LogP contribution >= 0.6 is 23.2 Å². The molecule has 0 atom stereocenters. The molecule has 1 aliphatic rings. The average Bonchev–Trinajstić information content (AvgIpc) is 2.49. The van der Waals surface area contributed by atoms with Crippen LogP contribution in [0.25, 0.3) is 0 Å². The van der Waals surface area contributed by atoms with E-state index in [0.717, 1.165) is 12.2 Å². The Morgan fingerprint density at radius 3 is 2.80 bits per heavy atom. The first-order chi connectivity index (χ1) is 9.66. The molecule has 3 rings (SSSR count). The number of anilines is 1. The van der Waals surface area contributed by atoms with Gasteiger partial charge in [0.2, 0.25) is 0 Å². The lowest BCUT2D eigenvalue weighted by Gasteiger charge is -2.21. The summed E-state index contributed by atoms with van der Waals surface area (Å²) in [4.78, 5) is 12.6. The van der Waals surface area contributed by atoms with E-state index in [4.69, 9.17) is 27.9 Å². The van der Waals surface area contributed by atoms with E-state index >= 15 is 0 Å². The summed E-state index contributed by atoms with van der Waals surface area (Å²) in [6.07, 6.45) is 0. The molecule has 0 unspecified atom stereocenters. The Morgan fingerprint density at radius 1 is 1.15 bits per heavy atom. The maximum Gasteiger partial charge on any atom is 0.196 e. The summed E-state index contributed by atoms with van der Waals surface area (Å²) >= 11 is 11.8. The van der Waals surface area contributed by atoms with Crippen molar-refractivity contribution in [3.63, 3.8) is 0 Å².